The average Bonchev–Trinajstić information content (AvgIpc) is 2.58. The highest BCUT2D eigenvalue weighted by Gasteiger charge is 2.52. The number of benzene rings is 1. The van der Waals surface area contributed by atoms with Crippen molar-refractivity contribution in [3.8, 4) is 5.75 Å². The van der Waals surface area contributed by atoms with Gasteiger partial charge in [0, 0.05) is 0 Å². The summed E-state index contributed by atoms with van der Waals surface area (Å²) in [5.41, 5.74) is -0.474. The summed E-state index contributed by atoms with van der Waals surface area (Å²) in [5.74, 6) is -2.63. The lowest BCUT2D eigenvalue weighted by Gasteiger charge is -2.32. The zero-order chi connectivity index (χ0) is 15.5. The molecule has 0 aliphatic carbocycles. The lowest BCUT2D eigenvalue weighted by atomic mass is 9.77. The van der Waals surface area contributed by atoms with Crippen LogP contribution in [0.4, 0.5) is 8.78 Å². The van der Waals surface area contributed by atoms with E-state index in [1.807, 2.05) is 27.7 Å². The van der Waals surface area contributed by atoms with Crippen molar-refractivity contribution in [2.75, 3.05) is 6.61 Å². The van der Waals surface area contributed by atoms with Crippen molar-refractivity contribution >= 4 is 12.6 Å². The first-order valence-electron chi connectivity index (χ1n) is 7.13. The van der Waals surface area contributed by atoms with Crippen molar-refractivity contribution in [2.24, 2.45) is 0 Å². The number of rotatable bonds is 1. The molecule has 1 aromatic carbocycles. The smallest absolute Gasteiger partial charge is 0.493 e. The second kappa shape index (κ2) is 4.43. The Hall–Kier alpha value is -1.14. The molecule has 1 aromatic rings. The molecule has 1 fully saturated rings. The summed E-state index contributed by atoms with van der Waals surface area (Å²) >= 11 is 0. The summed E-state index contributed by atoms with van der Waals surface area (Å²) in [6.07, 6.45) is -0.299. The summed E-state index contributed by atoms with van der Waals surface area (Å²) in [4.78, 5) is 0. The number of alkyl halides is 2. The van der Waals surface area contributed by atoms with Crippen molar-refractivity contribution in [1.82, 2.24) is 0 Å². The fraction of sp³-hybridized carbons (Fsp3) is 0.600. The lowest BCUT2D eigenvalue weighted by Crippen LogP contribution is -2.41. The molecule has 2 aliphatic rings. The topological polar surface area (TPSA) is 27.7 Å². The van der Waals surface area contributed by atoms with Crippen molar-refractivity contribution in [1.29, 1.82) is 0 Å². The number of ether oxygens (including phenoxy) is 1. The Morgan fingerprint density at radius 1 is 1.05 bits per heavy atom. The molecule has 0 atom stereocenters. The first-order valence-corrected chi connectivity index (χ1v) is 7.13. The van der Waals surface area contributed by atoms with Crippen LogP contribution in [0, 0.1) is 0 Å². The van der Waals surface area contributed by atoms with Crippen LogP contribution >= 0.6 is 0 Å². The van der Waals surface area contributed by atoms with E-state index >= 15 is 0 Å². The van der Waals surface area contributed by atoms with Crippen LogP contribution in [-0.4, -0.2) is 24.9 Å². The highest BCUT2D eigenvalue weighted by atomic mass is 19.3. The minimum absolute atomic E-state index is 0.0375. The summed E-state index contributed by atoms with van der Waals surface area (Å²) in [5, 5.41) is 0. The average molecular weight is 296 g/mol. The third-order valence-corrected chi connectivity index (χ3v) is 4.60. The predicted molar refractivity (Wildman–Crippen MR) is 76.2 cm³/mol. The van der Waals surface area contributed by atoms with E-state index in [4.69, 9.17) is 14.0 Å². The Kier molecular flexibility index (Phi) is 3.12. The first kappa shape index (κ1) is 14.8. The van der Waals surface area contributed by atoms with Gasteiger partial charge in [0.1, 0.15) is 5.75 Å². The molecule has 6 heteroatoms. The molecule has 3 rings (SSSR count). The monoisotopic (exact) mass is 296 g/mol. The summed E-state index contributed by atoms with van der Waals surface area (Å²) < 4.78 is 45.1. The van der Waals surface area contributed by atoms with Crippen LogP contribution in [-0.2, 0) is 15.2 Å². The van der Waals surface area contributed by atoms with E-state index in [0.29, 0.717) is 5.46 Å². The molecule has 3 nitrogen and oxygen atoms in total. The van der Waals surface area contributed by atoms with E-state index in [1.165, 1.54) is 6.07 Å². The number of hydrogen-bond donors (Lipinski definition) is 0. The maximum absolute atomic E-state index is 14.0. The molecular weight excluding hydrogens is 277 g/mol. The van der Waals surface area contributed by atoms with E-state index in [9.17, 15) is 8.78 Å². The minimum Gasteiger partial charge on any atom is -0.493 e. The lowest BCUT2D eigenvalue weighted by molar-refractivity contribution is -0.0403. The largest absolute Gasteiger partial charge is 0.494 e. The number of halogens is 2. The molecule has 0 saturated carbocycles. The van der Waals surface area contributed by atoms with Crippen LogP contribution in [0.2, 0.25) is 0 Å². The quantitative estimate of drug-likeness (QED) is 0.746. The molecule has 0 unspecified atom stereocenters. The summed E-state index contributed by atoms with van der Waals surface area (Å²) in [6.45, 7) is 7.77. The molecule has 0 spiro atoms. The summed E-state index contributed by atoms with van der Waals surface area (Å²) in [6, 6.07) is 4.74. The van der Waals surface area contributed by atoms with Crippen LogP contribution in [0.3, 0.4) is 0 Å². The Morgan fingerprint density at radius 2 is 1.67 bits per heavy atom. The normalized spacial score (nSPS) is 25.3. The van der Waals surface area contributed by atoms with E-state index < -0.39 is 24.2 Å². The Bertz CT molecular complexity index is 556. The Balaban J connectivity index is 1.95. The van der Waals surface area contributed by atoms with Gasteiger partial charge < -0.3 is 14.0 Å². The van der Waals surface area contributed by atoms with Gasteiger partial charge in [0.25, 0.3) is 5.92 Å². The van der Waals surface area contributed by atoms with Gasteiger partial charge in [-0.2, -0.15) is 0 Å². The molecule has 0 bridgehead atoms. The van der Waals surface area contributed by atoms with Crippen LogP contribution in [0.5, 0.6) is 5.75 Å². The van der Waals surface area contributed by atoms with Crippen molar-refractivity contribution in [3.05, 3.63) is 23.8 Å². The van der Waals surface area contributed by atoms with Crippen molar-refractivity contribution in [2.45, 2.75) is 51.2 Å². The fourth-order valence-electron chi connectivity index (χ4n) is 2.51. The van der Waals surface area contributed by atoms with Gasteiger partial charge in [-0.15, -0.1) is 0 Å². The molecule has 2 aliphatic heterocycles. The standard InChI is InChI=1S/C15H19BF2O3/c1-13(2)14(3,4)21-16(20-13)10-5-6-12-11(9-10)15(17,18)7-8-19-12/h5-6,9H,7-8H2,1-4H3. The number of fused-ring (bicyclic) bond motifs is 1. The first-order chi connectivity index (χ1) is 9.62. The molecule has 1 saturated heterocycles. The SMILES string of the molecule is CC1(C)OB(c2ccc3c(c2)C(F)(F)CCO3)OC1(C)C. The van der Waals surface area contributed by atoms with Crippen LogP contribution < -0.4 is 10.2 Å². The van der Waals surface area contributed by atoms with E-state index in [0.717, 1.165) is 0 Å². The molecule has 0 N–H and O–H groups in total. The molecule has 0 aromatic heterocycles. The Morgan fingerprint density at radius 3 is 2.29 bits per heavy atom. The van der Waals surface area contributed by atoms with Gasteiger partial charge in [0.05, 0.1) is 29.8 Å². The Labute approximate surface area is 123 Å². The van der Waals surface area contributed by atoms with Crippen LogP contribution in [0.1, 0.15) is 39.7 Å². The number of hydrogen-bond acceptors (Lipinski definition) is 3. The predicted octanol–water partition coefficient (Wildman–Crippen LogP) is 2.86. The minimum atomic E-state index is -2.87. The van der Waals surface area contributed by atoms with E-state index in [-0.39, 0.29) is 24.3 Å². The van der Waals surface area contributed by atoms with Crippen LogP contribution in [0.25, 0.3) is 0 Å². The van der Waals surface area contributed by atoms with Gasteiger partial charge in [0.15, 0.2) is 0 Å². The molecular formula is C15H19BF2O3. The zero-order valence-corrected chi connectivity index (χ0v) is 12.7. The molecule has 21 heavy (non-hydrogen) atoms. The third kappa shape index (κ3) is 2.34. The molecule has 2 heterocycles. The molecule has 114 valence electrons. The van der Waals surface area contributed by atoms with Gasteiger partial charge in [-0.3, -0.25) is 0 Å². The van der Waals surface area contributed by atoms with Gasteiger partial charge in [-0.25, -0.2) is 8.78 Å². The highest BCUT2D eigenvalue weighted by molar-refractivity contribution is 6.62. The second-order valence-electron chi connectivity index (χ2n) is 6.65. The van der Waals surface area contributed by atoms with E-state index in [1.54, 1.807) is 12.1 Å². The van der Waals surface area contributed by atoms with Crippen LogP contribution in [0.15, 0.2) is 18.2 Å². The van der Waals surface area contributed by atoms with Gasteiger partial charge >= 0.3 is 7.12 Å². The second-order valence-corrected chi connectivity index (χ2v) is 6.65. The summed E-state index contributed by atoms with van der Waals surface area (Å²) in [7, 11) is -0.641. The van der Waals surface area contributed by atoms with E-state index in [2.05, 4.69) is 0 Å². The molecule has 0 radical (unpaired) electrons. The van der Waals surface area contributed by atoms with Gasteiger partial charge in [-0.1, -0.05) is 6.07 Å². The van der Waals surface area contributed by atoms with Crippen molar-refractivity contribution < 1.29 is 22.8 Å². The van der Waals surface area contributed by atoms with Crippen molar-refractivity contribution in [3.63, 3.8) is 0 Å². The molecule has 0 amide bonds. The van der Waals surface area contributed by atoms with Gasteiger partial charge in [-0.05, 0) is 45.3 Å². The maximum Gasteiger partial charge on any atom is 0.494 e. The maximum atomic E-state index is 14.0. The highest BCUT2D eigenvalue weighted by Crippen LogP contribution is 2.41. The fourth-order valence-corrected chi connectivity index (χ4v) is 2.51. The zero-order valence-electron chi connectivity index (χ0n) is 12.7. The third-order valence-electron chi connectivity index (χ3n) is 4.60. The van der Waals surface area contributed by atoms with Gasteiger partial charge in [0.2, 0.25) is 0 Å².